The number of aromatic amines is 1. The van der Waals surface area contributed by atoms with Gasteiger partial charge in [-0.1, -0.05) is 0 Å². The van der Waals surface area contributed by atoms with Crippen LogP contribution in [0.5, 0.6) is 0 Å². The van der Waals surface area contributed by atoms with Crippen LogP contribution in [0.3, 0.4) is 0 Å². The van der Waals surface area contributed by atoms with Crippen molar-refractivity contribution in [2.45, 2.75) is 17.7 Å². The van der Waals surface area contributed by atoms with Gasteiger partial charge >= 0.3 is 0 Å². The van der Waals surface area contributed by atoms with Crippen molar-refractivity contribution >= 4 is 32.7 Å². The van der Waals surface area contributed by atoms with Crippen LogP contribution in [0, 0.1) is 0 Å². The van der Waals surface area contributed by atoms with Crippen molar-refractivity contribution in [2.75, 3.05) is 13.1 Å². The second kappa shape index (κ2) is 4.22. The van der Waals surface area contributed by atoms with Gasteiger partial charge in [0.25, 0.3) is 0 Å². The maximum Gasteiger partial charge on any atom is 0.243 e. The van der Waals surface area contributed by atoms with Gasteiger partial charge in [-0.3, -0.25) is 0 Å². The topological polar surface area (TPSA) is 66.1 Å². The van der Waals surface area contributed by atoms with Crippen LogP contribution >= 0.6 is 11.6 Å². The number of aromatic nitrogens is 2. The summed E-state index contributed by atoms with van der Waals surface area (Å²) < 4.78 is 26.2. The van der Waals surface area contributed by atoms with Gasteiger partial charge in [-0.25, -0.2) is 13.4 Å². The van der Waals surface area contributed by atoms with Gasteiger partial charge in [0, 0.05) is 13.1 Å². The fraction of sp³-hybridized carbons (Fsp3) is 0.364. The molecule has 1 N–H and O–H groups in total. The molecule has 5 nitrogen and oxygen atoms in total. The van der Waals surface area contributed by atoms with Crippen molar-refractivity contribution in [1.82, 2.24) is 14.3 Å². The van der Waals surface area contributed by atoms with Gasteiger partial charge in [-0.15, -0.1) is 0 Å². The first kappa shape index (κ1) is 12.0. The molecule has 0 aliphatic carbocycles. The Morgan fingerprint density at radius 2 is 2.00 bits per heavy atom. The largest absolute Gasteiger partial charge is 0.329 e. The summed E-state index contributed by atoms with van der Waals surface area (Å²) in [4.78, 5) is 7.16. The van der Waals surface area contributed by atoms with Gasteiger partial charge in [0.2, 0.25) is 15.3 Å². The zero-order valence-electron chi connectivity index (χ0n) is 9.56. The molecule has 18 heavy (non-hydrogen) atoms. The number of halogens is 1. The van der Waals surface area contributed by atoms with E-state index in [-0.39, 0.29) is 10.2 Å². The third kappa shape index (κ3) is 1.90. The van der Waals surface area contributed by atoms with Gasteiger partial charge < -0.3 is 4.98 Å². The molecule has 0 amide bonds. The molecule has 2 aromatic rings. The highest BCUT2D eigenvalue weighted by Gasteiger charge is 2.27. The standard InChI is InChI=1S/C11H12ClN3O2S/c12-11-13-9-4-3-8(7-10(9)14-11)18(16,17)15-5-1-2-6-15/h3-4,7H,1-2,5-6H2,(H,13,14). The zero-order valence-corrected chi connectivity index (χ0v) is 11.1. The molecule has 0 bridgehead atoms. The van der Waals surface area contributed by atoms with Crippen molar-refractivity contribution in [3.63, 3.8) is 0 Å². The SMILES string of the molecule is O=S(=O)(c1ccc2nc(Cl)[nH]c2c1)N1CCCC1. The lowest BCUT2D eigenvalue weighted by Crippen LogP contribution is -2.27. The van der Waals surface area contributed by atoms with Crippen LogP contribution in [0.4, 0.5) is 0 Å². The summed E-state index contributed by atoms with van der Waals surface area (Å²) in [6.45, 7) is 1.20. The number of fused-ring (bicyclic) bond motifs is 1. The first-order valence-electron chi connectivity index (χ1n) is 5.73. The first-order chi connectivity index (χ1) is 8.57. The molecule has 0 atom stereocenters. The second-order valence-electron chi connectivity index (χ2n) is 4.32. The van der Waals surface area contributed by atoms with Crippen molar-refractivity contribution in [3.05, 3.63) is 23.5 Å². The Hall–Kier alpha value is -1.11. The lowest BCUT2D eigenvalue weighted by Gasteiger charge is -2.15. The van der Waals surface area contributed by atoms with Gasteiger partial charge in [0.05, 0.1) is 15.9 Å². The van der Waals surface area contributed by atoms with E-state index in [1.54, 1.807) is 18.2 Å². The molecule has 1 aliphatic heterocycles. The summed E-state index contributed by atoms with van der Waals surface area (Å²) in [6.07, 6.45) is 1.86. The van der Waals surface area contributed by atoms with Crippen LogP contribution in [0.15, 0.2) is 23.1 Å². The first-order valence-corrected chi connectivity index (χ1v) is 7.54. The van der Waals surface area contributed by atoms with E-state index < -0.39 is 10.0 Å². The van der Waals surface area contributed by atoms with Crippen molar-refractivity contribution in [3.8, 4) is 0 Å². The Bertz CT molecular complexity index is 689. The van der Waals surface area contributed by atoms with Crippen molar-refractivity contribution in [2.24, 2.45) is 0 Å². The quantitative estimate of drug-likeness (QED) is 0.918. The molecule has 1 aromatic heterocycles. The fourth-order valence-electron chi connectivity index (χ4n) is 2.20. The minimum atomic E-state index is -3.38. The average molecular weight is 286 g/mol. The van der Waals surface area contributed by atoms with E-state index in [2.05, 4.69) is 9.97 Å². The number of sulfonamides is 1. The van der Waals surface area contributed by atoms with E-state index in [0.29, 0.717) is 24.1 Å². The van der Waals surface area contributed by atoms with Crippen LogP contribution in [0.2, 0.25) is 5.28 Å². The van der Waals surface area contributed by atoms with Crippen molar-refractivity contribution in [1.29, 1.82) is 0 Å². The van der Waals surface area contributed by atoms with Gasteiger partial charge in [-0.05, 0) is 42.6 Å². The van der Waals surface area contributed by atoms with Crippen LogP contribution in [-0.4, -0.2) is 35.8 Å². The Morgan fingerprint density at radius 3 is 2.72 bits per heavy atom. The molecule has 1 aliphatic rings. The smallest absolute Gasteiger partial charge is 0.243 e. The number of hydrogen-bond donors (Lipinski definition) is 1. The average Bonchev–Trinajstić information content (AvgIpc) is 2.95. The van der Waals surface area contributed by atoms with Gasteiger partial charge in [-0.2, -0.15) is 4.31 Å². The number of imidazole rings is 1. The van der Waals surface area contributed by atoms with E-state index in [4.69, 9.17) is 11.6 Å². The summed E-state index contributed by atoms with van der Waals surface area (Å²) in [5, 5.41) is 0.265. The Morgan fingerprint density at radius 1 is 1.28 bits per heavy atom. The number of nitrogens with zero attached hydrogens (tertiary/aromatic N) is 2. The summed E-state index contributed by atoms with van der Waals surface area (Å²) in [6, 6.07) is 4.83. The summed E-state index contributed by atoms with van der Waals surface area (Å²) in [5.74, 6) is 0. The number of nitrogens with one attached hydrogen (secondary N) is 1. The molecular weight excluding hydrogens is 274 g/mol. The lowest BCUT2D eigenvalue weighted by atomic mass is 10.3. The van der Waals surface area contributed by atoms with E-state index in [9.17, 15) is 8.42 Å². The Labute approximate surface area is 110 Å². The zero-order chi connectivity index (χ0) is 12.8. The molecule has 1 aromatic carbocycles. The van der Waals surface area contributed by atoms with Crippen molar-refractivity contribution < 1.29 is 8.42 Å². The molecule has 0 radical (unpaired) electrons. The summed E-state index contributed by atoms with van der Waals surface area (Å²) in [5.41, 5.74) is 1.31. The highest BCUT2D eigenvalue weighted by molar-refractivity contribution is 7.89. The molecule has 7 heteroatoms. The molecule has 0 saturated carbocycles. The fourth-order valence-corrected chi connectivity index (χ4v) is 3.93. The van der Waals surface area contributed by atoms with Crippen LogP contribution in [0.1, 0.15) is 12.8 Å². The minimum Gasteiger partial charge on any atom is -0.329 e. The Balaban J connectivity index is 2.07. The second-order valence-corrected chi connectivity index (χ2v) is 6.61. The van der Waals surface area contributed by atoms with E-state index in [1.165, 1.54) is 4.31 Å². The Kier molecular flexibility index (Phi) is 2.80. The number of H-pyrrole nitrogens is 1. The molecule has 1 fully saturated rings. The predicted molar refractivity (Wildman–Crippen MR) is 69.1 cm³/mol. The third-order valence-corrected chi connectivity index (χ3v) is 5.20. The maximum absolute atomic E-state index is 12.3. The highest BCUT2D eigenvalue weighted by Crippen LogP contribution is 2.24. The number of rotatable bonds is 2. The maximum atomic E-state index is 12.3. The molecular formula is C11H12ClN3O2S. The summed E-state index contributed by atoms with van der Waals surface area (Å²) >= 11 is 5.75. The predicted octanol–water partition coefficient (Wildman–Crippen LogP) is 2.00. The van der Waals surface area contributed by atoms with Gasteiger partial charge in [0.15, 0.2) is 0 Å². The van der Waals surface area contributed by atoms with E-state index in [1.807, 2.05) is 0 Å². The number of hydrogen-bond acceptors (Lipinski definition) is 3. The molecule has 1 saturated heterocycles. The van der Waals surface area contributed by atoms with Crippen LogP contribution in [0.25, 0.3) is 11.0 Å². The molecule has 3 rings (SSSR count). The molecule has 0 spiro atoms. The lowest BCUT2D eigenvalue weighted by molar-refractivity contribution is 0.477. The summed E-state index contributed by atoms with van der Waals surface area (Å²) in [7, 11) is -3.38. The monoisotopic (exact) mass is 285 g/mol. The highest BCUT2D eigenvalue weighted by atomic mass is 35.5. The third-order valence-electron chi connectivity index (χ3n) is 3.13. The molecule has 96 valence electrons. The van der Waals surface area contributed by atoms with Crippen LogP contribution in [-0.2, 0) is 10.0 Å². The van der Waals surface area contributed by atoms with E-state index in [0.717, 1.165) is 12.8 Å². The normalized spacial score (nSPS) is 17.6. The van der Waals surface area contributed by atoms with Gasteiger partial charge in [0.1, 0.15) is 0 Å². The minimum absolute atomic E-state index is 0.265. The molecule has 0 unspecified atom stereocenters. The van der Waals surface area contributed by atoms with Crippen LogP contribution < -0.4 is 0 Å². The number of benzene rings is 1. The van der Waals surface area contributed by atoms with E-state index >= 15 is 0 Å². The molecule has 2 heterocycles.